The quantitative estimate of drug-likeness (QED) is 0.654. The van der Waals surface area contributed by atoms with E-state index in [1.165, 1.54) is 6.42 Å². The molecular formula is C16H24O. The fourth-order valence-electron chi connectivity index (χ4n) is 2.96. The fraction of sp³-hybridized carbons (Fsp3) is 0.562. The van der Waals surface area contributed by atoms with E-state index < -0.39 is 0 Å². The van der Waals surface area contributed by atoms with Gasteiger partial charge in [-0.05, 0) is 38.2 Å². The zero-order valence-electron chi connectivity index (χ0n) is 11.3. The molecule has 0 aromatic rings. The Bertz CT molecular complexity index is 349. The highest BCUT2D eigenvalue weighted by atomic mass is 16.1. The fourth-order valence-corrected chi connectivity index (χ4v) is 2.96. The minimum Gasteiger partial charge on any atom is -0.299 e. The molecule has 94 valence electrons. The Morgan fingerprint density at radius 2 is 2.18 bits per heavy atom. The van der Waals surface area contributed by atoms with Crippen LogP contribution in [0.15, 0.2) is 36.5 Å². The highest BCUT2D eigenvalue weighted by Gasteiger charge is 2.40. The van der Waals surface area contributed by atoms with Crippen LogP contribution in [0, 0.1) is 11.3 Å². The second-order valence-electron chi connectivity index (χ2n) is 5.19. The number of carbonyl (C=O) groups excluding carboxylic acids is 1. The Morgan fingerprint density at radius 3 is 2.65 bits per heavy atom. The zero-order valence-corrected chi connectivity index (χ0v) is 11.3. The molecule has 0 aromatic carbocycles. The first-order valence-corrected chi connectivity index (χ1v) is 6.53. The van der Waals surface area contributed by atoms with E-state index in [9.17, 15) is 4.79 Å². The summed E-state index contributed by atoms with van der Waals surface area (Å²) in [4.78, 5) is 12.1. The summed E-state index contributed by atoms with van der Waals surface area (Å²) in [6.45, 7) is 9.84. The summed E-state index contributed by atoms with van der Waals surface area (Å²) in [7, 11) is 0. The lowest BCUT2D eigenvalue weighted by Crippen LogP contribution is -2.36. The molecule has 2 atom stereocenters. The summed E-state index contributed by atoms with van der Waals surface area (Å²) in [5.41, 5.74) is 0.813. The molecule has 1 saturated carbocycles. The monoisotopic (exact) mass is 232 g/mol. The second-order valence-corrected chi connectivity index (χ2v) is 5.19. The number of allylic oxidation sites excluding steroid dienone is 5. The molecule has 17 heavy (non-hydrogen) atoms. The lowest BCUT2D eigenvalue weighted by Gasteiger charge is -2.39. The molecule has 0 N–H and O–H groups in total. The Labute approximate surface area is 105 Å². The van der Waals surface area contributed by atoms with Crippen LogP contribution in [-0.2, 0) is 4.79 Å². The maximum atomic E-state index is 12.1. The number of hydrogen-bond donors (Lipinski definition) is 0. The van der Waals surface area contributed by atoms with Crippen molar-refractivity contribution in [3.05, 3.63) is 36.5 Å². The Morgan fingerprint density at radius 1 is 1.47 bits per heavy atom. The van der Waals surface area contributed by atoms with E-state index in [1.807, 2.05) is 31.2 Å². The first-order chi connectivity index (χ1) is 8.06. The first kappa shape index (κ1) is 14.0. The molecule has 0 aliphatic heterocycles. The standard InChI is InChI=1S/C16H24O/c1-5-7-10-15(6-2)16(14(4)17)11-8-9-13(3)12-16/h5-7,10,13H,2,8-9,11-12H2,1,3-4H3/b7-5-,15-10+. The minimum absolute atomic E-state index is 0.279. The Hall–Kier alpha value is -1.11. The molecule has 0 heterocycles. The van der Waals surface area contributed by atoms with E-state index in [2.05, 4.69) is 13.5 Å². The van der Waals surface area contributed by atoms with E-state index in [0.717, 1.165) is 24.8 Å². The van der Waals surface area contributed by atoms with Crippen molar-refractivity contribution >= 4 is 5.78 Å². The summed E-state index contributed by atoms with van der Waals surface area (Å²) in [5, 5.41) is 0. The number of Topliss-reactive ketones (excluding diaryl/α,β-unsaturated/α-hetero) is 1. The molecular weight excluding hydrogens is 208 g/mol. The average Bonchev–Trinajstić information content (AvgIpc) is 2.29. The van der Waals surface area contributed by atoms with Gasteiger partial charge >= 0.3 is 0 Å². The van der Waals surface area contributed by atoms with Crippen molar-refractivity contribution in [2.75, 3.05) is 0 Å². The molecule has 0 aromatic heterocycles. The van der Waals surface area contributed by atoms with E-state index in [4.69, 9.17) is 0 Å². The van der Waals surface area contributed by atoms with Crippen molar-refractivity contribution in [3.63, 3.8) is 0 Å². The summed E-state index contributed by atoms with van der Waals surface area (Å²) in [6, 6.07) is 0. The number of carbonyl (C=O) groups is 1. The summed E-state index contributed by atoms with van der Waals surface area (Å²) < 4.78 is 0. The topological polar surface area (TPSA) is 17.1 Å². The van der Waals surface area contributed by atoms with Gasteiger partial charge in [-0.15, -0.1) is 0 Å². The van der Waals surface area contributed by atoms with Crippen molar-refractivity contribution in [2.45, 2.75) is 46.5 Å². The first-order valence-electron chi connectivity index (χ1n) is 6.53. The van der Waals surface area contributed by atoms with Gasteiger partial charge in [0.2, 0.25) is 0 Å². The zero-order chi connectivity index (χ0) is 12.9. The third kappa shape index (κ3) is 2.96. The third-order valence-electron chi connectivity index (χ3n) is 3.91. The van der Waals surface area contributed by atoms with E-state index in [1.54, 1.807) is 6.92 Å². The van der Waals surface area contributed by atoms with Crippen LogP contribution in [0.2, 0.25) is 0 Å². The number of rotatable bonds is 4. The molecule has 1 nitrogen and oxygen atoms in total. The van der Waals surface area contributed by atoms with Gasteiger partial charge in [0.05, 0.1) is 5.41 Å². The van der Waals surface area contributed by atoms with Gasteiger partial charge < -0.3 is 0 Å². The highest BCUT2D eigenvalue weighted by molar-refractivity contribution is 5.86. The van der Waals surface area contributed by atoms with Gasteiger partial charge in [-0.25, -0.2) is 0 Å². The van der Waals surface area contributed by atoms with Crippen LogP contribution < -0.4 is 0 Å². The maximum absolute atomic E-state index is 12.1. The Kier molecular flexibility index (Phi) is 4.92. The van der Waals surface area contributed by atoms with Crippen LogP contribution in [0.1, 0.15) is 46.5 Å². The molecule has 1 heteroatoms. The van der Waals surface area contributed by atoms with Crippen molar-refractivity contribution in [1.82, 2.24) is 0 Å². The van der Waals surface area contributed by atoms with Gasteiger partial charge in [-0.3, -0.25) is 4.79 Å². The Balaban J connectivity index is 3.13. The summed E-state index contributed by atoms with van der Waals surface area (Å²) in [6.07, 6.45) is 12.2. The molecule has 0 amide bonds. The van der Waals surface area contributed by atoms with Crippen LogP contribution in [-0.4, -0.2) is 5.78 Å². The van der Waals surface area contributed by atoms with Gasteiger partial charge in [0, 0.05) is 0 Å². The maximum Gasteiger partial charge on any atom is 0.140 e. The predicted molar refractivity (Wildman–Crippen MR) is 73.8 cm³/mol. The minimum atomic E-state index is -0.279. The smallest absolute Gasteiger partial charge is 0.140 e. The van der Waals surface area contributed by atoms with Crippen molar-refractivity contribution in [3.8, 4) is 0 Å². The molecule has 2 unspecified atom stereocenters. The third-order valence-corrected chi connectivity index (χ3v) is 3.91. The van der Waals surface area contributed by atoms with E-state index in [0.29, 0.717) is 11.7 Å². The molecule has 0 spiro atoms. The van der Waals surface area contributed by atoms with Crippen LogP contribution >= 0.6 is 0 Å². The molecule has 0 radical (unpaired) electrons. The largest absolute Gasteiger partial charge is 0.299 e. The van der Waals surface area contributed by atoms with Gasteiger partial charge in [0.1, 0.15) is 5.78 Å². The van der Waals surface area contributed by atoms with Gasteiger partial charge in [-0.1, -0.05) is 50.6 Å². The van der Waals surface area contributed by atoms with Gasteiger partial charge in [-0.2, -0.15) is 0 Å². The molecule has 0 bridgehead atoms. The number of ketones is 1. The van der Waals surface area contributed by atoms with E-state index in [-0.39, 0.29) is 5.41 Å². The SMILES string of the molecule is C=C/C(=C\C=C/C)C1(C(C)=O)CCCC(C)C1. The molecule has 1 aliphatic carbocycles. The van der Waals surface area contributed by atoms with Gasteiger partial charge in [0.15, 0.2) is 0 Å². The van der Waals surface area contributed by atoms with Crippen LogP contribution in [0.5, 0.6) is 0 Å². The van der Waals surface area contributed by atoms with Gasteiger partial charge in [0.25, 0.3) is 0 Å². The van der Waals surface area contributed by atoms with Crippen LogP contribution in [0.3, 0.4) is 0 Å². The lowest BCUT2D eigenvalue weighted by atomic mass is 9.63. The molecule has 1 fully saturated rings. The van der Waals surface area contributed by atoms with Crippen LogP contribution in [0.25, 0.3) is 0 Å². The van der Waals surface area contributed by atoms with Crippen LogP contribution in [0.4, 0.5) is 0 Å². The summed E-state index contributed by atoms with van der Waals surface area (Å²) in [5.74, 6) is 0.918. The summed E-state index contributed by atoms with van der Waals surface area (Å²) >= 11 is 0. The normalized spacial score (nSPS) is 30.5. The highest BCUT2D eigenvalue weighted by Crippen LogP contribution is 2.45. The van der Waals surface area contributed by atoms with Crippen molar-refractivity contribution in [1.29, 1.82) is 0 Å². The average molecular weight is 232 g/mol. The molecule has 1 aliphatic rings. The lowest BCUT2D eigenvalue weighted by molar-refractivity contribution is -0.126. The van der Waals surface area contributed by atoms with Crippen molar-refractivity contribution in [2.24, 2.45) is 11.3 Å². The molecule has 0 saturated heterocycles. The predicted octanol–water partition coefficient (Wildman–Crippen LogP) is 4.46. The molecule has 1 rings (SSSR count). The van der Waals surface area contributed by atoms with E-state index >= 15 is 0 Å². The second kappa shape index (κ2) is 6.00. The van der Waals surface area contributed by atoms with Crippen molar-refractivity contribution < 1.29 is 4.79 Å². The number of hydrogen-bond acceptors (Lipinski definition) is 1.